The predicted molar refractivity (Wildman–Crippen MR) is 119 cm³/mol. The number of halogens is 3. The minimum atomic E-state index is -4.52. The summed E-state index contributed by atoms with van der Waals surface area (Å²) in [4.78, 5) is 40.1. The van der Waals surface area contributed by atoms with Gasteiger partial charge in [-0.05, 0) is 43.3 Å². The number of hydrogen-bond donors (Lipinski definition) is 2. The molecule has 0 aliphatic heterocycles. The van der Waals surface area contributed by atoms with Crippen LogP contribution in [-0.2, 0) is 17.5 Å². The van der Waals surface area contributed by atoms with Crippen LogP contribution in [0.4, 0.5) is 24.5 Å². The fourth-order valence-electron chi connectivity index (χ4n) is 2.81. The zero-order valence-electron chi connectivity index (χ0n) is 17.3. The molecular formula is C22H19F3N4O3S. The number of hydrogen-bond acceptors (Lipinski definition) is 5. The van der Waals surface area contributed by atoms with Crippen LogP contribution < -0.4 is 16.2 Å². The van der Waals surface area contributed by atoms with E-state index in [2.05, 4.69) is 15.6 Å². The molecule has 0 bridgehead atoms. The highest BCUT2D eigenvalue weighted by molar-refractivity contribution is 7.99. The van der Waals surface area contributed by atoms with Crippen molar-refractivity contribution in [1.29, 1.82) is 0 Å². The molecule has 0 unspecified atom stereocenters. The van der Waals surface area contributed by atoms with Gasteiger partial charge in [0.05, 0.1) is 11.3 Å². The second kappa shape index (κ2) is 10.3. The highest BCUT2D eigenvalue weighted by atomic mass is 32.2. The van der Waals surface area contributed by atoms with Gasteiger partial charge in [-0.15, -0.1) is 0 Å². The van der Waals surface area contributed by atoms with Gasteiger partial charge in [0, 0.05) is 35.7 Å². The standard InChI is InChI=1S/C22H19F3N4O3S/c1-2-29-10-9-18(30)28-21(29)33-13-19(31)26-16-7-3-5-14(11-16)20(32)27-17-8-4-6-15(12-17)22(23,24)25/h3-12H,2,13H2,1H3,(H,26,31)(H,27,32). The normalized spacial score (nSPS) is 11.2. The second-order valence-corrected chi connectivity index (χ2v) is 7.73. The molecule has 0 spiro atoms. The molecule has 7 nitrogen and oxygen atoms in total. The van der Waals surface area contributed by atoms with E-state index in [-0.39, 0.29) is 22.9 Å². The summed E-state index contributed by atoms with van der Waals surface area (Å²) in [5.41, 5.74) is -0.783. The minimum Gasteiger partial charge on any atom is -0.328 e. The predicted octanol–water partition coefficient (Wildman–Crippen LogP) is 4.27. The number of nitrogens with zero attached hydrogens (tertiary/aromatic N) is 2. The van der Waals surface area contributed by atoms with Crippen LogP contribution in [0.1, 0.15) is 22.8 Å². The highest BCUT2D eigenvalue weighted by Gasteiger charge is 2.30. The van der Waals surface area contributed by atoms with Crippen molar-refractivity contribution in [3.63, 3.8) is 0 Å². The zero-order chi connectivity index (χ0) is 24.0. The third-order valence-electron chi connectivity index (χ3n) is 4.38. The summed E-state index contributed by atoms with van der Waals surface area (Å²) in [5.74, 6) is -1.02. The van der Waals surface area contributed by atoms with E-state index >= 15 is 0 Å². The molecule has 33 heavy (non-hydrogen) atoms. The molecule has 1 aromatic heterocycles. The number of carbonyl (C=O) groups is 2. The molecule has 0 aliphatic rings. The Morgan fingerprint density at radius 3 is 2.42 bits per heavy atom. The lowest BCUT2D eigenvalue weighted by molar-refractivity contribution is -0.137. The maximum atomic E-state index is 12.9. The lowest BCUT2D eigenvalue weighted by Crippen LogP contribution is -2.18. The molecule has 0 aliphatic carbocycles. The number of carbonyl (C=O) groups excluding carboxylic acids is 2. The number of benzene rings is 2. The molecule has 2 aromatic carbocycles. The lowest BCUT2D eigenvalue weighted by atomic mass is 10.1. The molecule has 0 saturated heterocycles. The van der Waals surface area contributed by atoms with Crippen LogP contribution in [-0.4, -0.2) is 27.1 Å². The average molecular weight is 476 g/mol. The summed E-state index contributed by atoms with van der Waals surface area (Å²) < 4.78 is 40.3. The smallest absolute Gasteiger partial charge is 0.328 e. The van der Waals surface area contributed by atoms with Crippen LogP contribution in [0.3, 0.4) is 0 Å². The summed E-state index contributed by atoms with van der Waals surface area (Å²) in [6.07, 6.45) is -2.92. The van der Waals surface area contributed by atoms with Crippen LogP contribution in [0.15, 0.2) is 70.7 Å². The molecule has 2 amide bonds. The van der Waals surface area contributed by atoms with Crippen molar-refractivity contribution in [2.24, 2.45) is 0 Å². The first-order valence-electron chi connectivity index (χ1n) is 9.74. The Morgan fingerprint density at radius 1 is 1.03 bits per heavy atom. The second-order valence-electron chi connectivity index (χ2n) is 6.78. The molecule has 172 valence electrons. The first-order valence-corrected chi connectivity index (χ1v) is 10.7. The highest BCUT2D eigenvalue weighted by Crippen LogP contribution is 2.30. The fraction of sp³-hybridized carbons (Fsp3) is 0.182. The van der Waals surface area contributed by atoms with Gasteiger partial charge in [-0.25, -0.2) is 0 Å². The average Bonchev–Trinajstić information content (AvgIpc) is 2.77. The largest absolute Gasteiger partial charge is 0.416 e. The van der Waals surface area contributed by atoms with E-state index in [0.29, 0.717) is 17.4 Å². The maximum absolute atomic E-state index is 12.9. The molecule has 2 N–H and O–H groups in total. The minimum absolute atomic E-state index is 0.00186. The third kappa shape index (κ3) is 6.69. The van der Waals surface area contributed by atoms with Gasteiger partial charge in [0.2, 0.25) is 5.91 Å². The zero-order valence-corrected chi connectivity index (χ0v) is 18.2. The fourth-order valence-corrected chi connectivity index (χ4v) is 3.65. The van der Waals surface area contributed by atoms with Crippen LogP contribution in [0.2, 0.25) is 0 Å². The van der Waals surface area contributed by atoms with Crippen LogP contribution in [0.25, 0.3) is 0 Å². The SMILES string of the molecule is CCn1ccc(=O)nc1SCC(=O)Nc1cccc(C(=O)Nc2cccc(C(F)(F)F)c2)c1. The van der Waals surface area contributed by atoms with Crippen molar-refractivity contribution in [2.75, 3.05) is 16.4 Å². The number of alkyl halides is 3. The number of nitrogens with one attached hydrogen (secondary N) is 2. The Bertz CT molecular complexity index is 1230. The number of amides is 2. The Kier molecular flexibility index (Phi) is 7.54. The first-order chi connectivity index (χ1) is 15.7. The van der Waals surface area contributed by atoms with E-state index in [9.17, 15) is 27.6 Å². The van der Waals surface area contributed by atoms with Gasteiger partial charge in [-0.2, -0.15) is 18.2 Å². The van der Waals surface area contributed by atoms with Crippen molar-refractivity contribution < 1.29 is 22.8 Å². The summed E-state index contributed by atoms with van der Waals surface area (Å²) >= 11 is 1.10. The molecule has 0 saturated carbocycles. The maximum Gasteiger partial charge on any atom is 0.416 e. The third-order valence-corrected chi connectivity index (χ3v) is 5.37. The number of aryl methyl sites for hydroxylation is 1. The summed E-state index contributed by atoms with van der Waals surface area (Å²) in [6.45, 7) is 2.46. The number of thioether (sulfide) groups is 1. The van der Waals surface area contributed by atoms with Crippen LogP contribution in [0.5, 0.6) is 0 Å². The van der Waals surface area contributed by atoms with E-state index in [1.54, 1.807) is 16.8 Å². The molecule has 3 aromatic rings. The van der Waals surface area contributed by atoms with Gasteiger partial charge in [0.15, 0.2) is 5.16 Å². The van der Waals surface area contributed by atoms with Crippen LogP contribution in [0, 0.1) is 0 Å². The van der Waals surface area contributed by atoms with Gasteiger partial charge < -0.3 is 15.2 Å². The Labute approximate surface area is 191 Å². The van der Waals surface area contributed by atoms with Gasteiger partial charge in [0.25, 0.3) is 11.5 Å². The van der Waals surface area contributed by atoms with Gasteiger partial charge in [0.1, 0.15) is 0 Å². The van der Waals surface area contributed by atoms with Crippen molar-refractivity contribution in [3.05, 3.63) is 82.3 Å². The Morgan fingerprint density at radius 2 is 1.73 bits per heavy atom. The van der Waals surface area contributed by atoms with E-state index in [0.717, 1.165) is 23.9 Å². The van der Waals surface area contributed by atoms with Crippen molar-refractivity contribution >= 4 is 35.0 Å². The molecule has 0 radical (unpaired) electrons. The number of anilines is 2. The van der Waals surface area contributed by atoms with Gasteiger partial charge in [-0.1, -0.05) is 23.9 Å². The molecule has 1 heterocycles. The summed E-state index contributed by atoms with van der Waals surface area (Å²) in [6, 6.07) is 11.6. The van der Waals surface area contributed by atoms with Gasteiger partial charge >= 0.3 is 6.18 Å². The van der Waals surface area contributed by atoms with Crippen molar-refractivity contribution in [3.8, 4) is 0 Å². The molecule has 0 fully saturated rings. The molecule has 3 rings (SSSR count). The Balaban J connectivity index is 1.64. The Hall–Kier alpha value is -3.60. The van der Waals surface area contributed by atoms with Crippen molar-refractivity contribution in [1.82, 2.24) is 9.55 Å². The number of aromatic nitrogens is 2. The first kappa shape index (κ1) is 24.1. The summed E-state index contributed by atoms with van der Waals surface area (Å²) in [5, 5.41) is 5.48. The topological polar surface area (TPSA) is 93.1 Å². The molecule has 11 heteroatoms. The quantitative estimate of drug-likeness (QED) is 0.393. The molecular weight excluding hydrogens is 457 g/mol. The van der Waals surface area contributed by atoms with Crippen molar-refractivity contribution in [2.45, 2.75) is 24.8 Å². The van der Waals surface area contributed by atoms with E-state index in [1.807, 2.05) is 6.92 Å². The lowest BCUT2D eigenvalue weighted by Gasteiger charge is -2.11. The number of rotatable bonds is 7. The van der Waals surface area contributed by atoms with E-state index < -0.39 is 23.2 Å². The van der Waals surface area contributed by atoms with E-state index in [4.69, 9.17) is 0 Å². The van der Waals surface area contributed by atoms with Crippen LogP contribution >= 0.6 is 11.8 Å². The van der Waals surface area contributed by atoms with E-state index in [1.165, 1.54) is 36.4 Å². The van der Waals surface area contributed by atoms with Gasteiger partial charge in [-0.3, -0.25) is 14.4 Å². The molecule has 0 atom stereocenters. The monoisotopic (exact) mass is 476 g/mol. The summed E-state index contributed by atoms with van der Waals surface area (Å²) in [7, 11) is 0.